The smallest absolute Gasteiger partial charge is 0.349 e. The van der Waals surface area contributed by atoms with Crippen molar-refractivity contribution < 1.29 is 33.8 Å². The number of hydrogen-bond acceptors (Lipinski definition) is 6. The molecule has 0 spiro atoms. The number of anilines is 1. The number of para-hydroxylation sites is 1. The van der Waals surface area contributed by atoms with E-state index in [-0.39, 0.29) is 11.1 Å². The first-order chi connectivity index (χ1) is 15.5. The van der Waals surface area contributed by atoms with E-state index in [0.29, 0.717) is 5.69 Å². The third-order valence-corrected chi connectivity index (χ3v) is 4.31. The molecular formula is C24H19NO7. The van der Waals surface area contributed by atoms with Crippen LogP contribution < -0.4 is 5.32 Å². The molecule has 3 aromatic rings. The number of nitrogens with one attached hydrogen (secondary N) is 1. The van der Waals surface area contributed by atoms with Crippen LogP contribution in [0.3, 0.4) is 0 Å². The van der Waals surface area contributed by atoms with Crippen LogP contribution in [-0.4, -0.2) is 41.1 Å². The highest BCUT2D eigenvalue weighted by Gasteiger charge is 2.41. The fourth-order valence-electron chi connectivity index (χ4n) is 2.74. The van der Waals surface area contributed by atoms with E-state index in [1.807, 2.05) is 0 Å². The Bertz CT molecular complexity index is 1090. The number of hydrogen-bond donors (Lipinski definition) is 2. The van der Waals surface area contributed by atoms with E-state index in [9.17, 15) is 24.3 Å². The fourth-order valence-corrected chi connectivity index (χ4v) is 2.74. The summed E-state index contributed by atoms with van der Waals surface area (Å²) >= 11 is 0. The first kappa shape index (κ1) is 22.2. The lowest BCUT2D eigenvalue weighted by Crippen LogP contribution is -2.48. The summed E-state index contributed by atoms with van der Waals surface area (Å²) in [7, 11) is 0. The number of amides is 1. The van der Waals surface area contributed by atoms with E-state index in [2.05, 4.69) is 5.32 Å². The lowest BCUT2D eigenvalue weighted by molar-refractivity contribution is -0.157. The summed E-state index contributed by atoms with van der Waals surface area (Å²) in [5.41, 5.74) is 0.524. The SMILES string of the molecule is O=C(O[C@H](C(=O)O)[C@H](OC(=O)c1ccccc1)C(=O)Nc1ccccc1)c1ccccc1. The molecule has 0 saturated carbocycles. The topological polar surface area (TPSA) is 119 Å². The number of aliphatic carboxylic acids is 1. The second kappa shape index (κ2) is 10.5. The third kappa shape index (κ3) is 5.79. The van der Waals surface area contributed by atoms with E-state index in [4.69, 9.17) is 9.47 Å². The Kier molecular flexibility index (Phi) is 7.32. The highest BCUT2D eigenvalue weighted by Crippen LogP contribution is 2.16. The minimum absolute atomic E-state index is 0.0790. The standard InChI is InChI=1S/C24H19NO7/c26-21(25-18-14-8-3-9-15-18)19(31-23(29)16-10-4-1-5-11-16)20(22(27)28)32-24(30)17-12-6-2-7-13-17/h1-15,19-20H,(H,25,26)(H,27,28)/t19-,20-/m0/s1. The number of benzene rings is 3. The van der Waals surface area contributed by atoms with Crippen molar-refractivity contribution in [3.63, 3.8) is 0 Å². The number of esters is 2. The summed E-state index contributed by atoms with van der Waals surface area (Å²) in [6, 6.07) is 23.6. The molecule has 162 valence electrons. The largest absolute Gasteiger partial charge is 0.478 e. The second-order valence-corrected chi connectivity index (χ2v) is 6.58. The number of carboxylic acids is 1. The number of ether oxygens (including phenoxy) is 2. The van der Waals surface area contributed by atoms with Crippen LogP contribution in [0.2, 0.25) is 0 Å². The normalized spacial score (nSPS) is 12.1. The number of carbonyl (C=O) groups is 4. The molecule has 0 aliphatic rings. The van der Waals surface area contributed by atoms with Gasteiger partial charge in [0.05, 0.1) is 11.1 Å². The van der Waals surface area contributed by atoms with Crippen LogP contribution in [0.5, 0.6) is 0 Å². The Labute approximate surface area is 183 Å². The summed E-state index contributed by atoms with van der Waals surface area (Å²) in [5, 5.41) is 12.2. The third-order valence-electron chi connectivity index (χ3n) is 4.31. The molecule has 2 atom stereocenters. The molecule has 0 heterocycles. The Morgan fingerprint density at radius 1 is 0.625 bits per heavy atom. The molecule has 3 aromatic carbocycles. The summed E-state index contributed by atoms with van der Waals surface area (Å²) < 4.78 is 10.3. The zero-order valence-electron chi connectivity index (χ0n) is 16.7. The van der Waals surface area contributed by atoms with E-state index in [0.717, 1.165) is 0 Å². The zero-order chi connectivity index (χ0) is 22.9. The fraction of sp³-hybridized carbons (Fsp3) is 0.0833. The van der Waals surface area contributed by atoms with Gasteiger partial charge in [0.2, 0.25) is 12.2 Å². The van der Waals surface area contributed by atoms with Crippen molar-refractivity contribution in [3.05, 3.63) is 102 Å². The molecule has 0 fully saturated rings. The molecule has 0 unspecified atom stereocenters. The predicted molar refractivity (Wildman–Crippen MR) is 114 cm³/mol. The molecule has 0 bridgehead atoms. The minimum atomic E-state index is -2.08. The van der Waals surface area contributed by atoms with Gasteiger partial charge in [0.15, 0.2) is 0 Å². The molecule has 0 saturated heterocycles. The average molecular weight is 433 g/mol. The van der Waals surface area contributed by atoms with Gasteiger partial charge in [-0.15, -0.1) is 0 Å². The Morgan fingerprint density at radius 2 is 1.03 bits per heavy atom. The first-order valence-electron chi connectivity index (χ1n) is 9.56. The molecule has 0 radical (unpaired) electrons. The second-order valence-electron chi connectivity index (χ2n) is 6.58. The Hall–Kier alpha value is -4.46. The lowest BCUT2D eigenvalue weighted by Gasteiger charge is -2.23. The summed E-state index contributed by atoms with van der Waals surface area (Å²) in [6.45, 7) is 0. The minimum Gasteiger partial charge on any atom is -0.478 e. The lowest BCUT2D eigenvalue weighted by atomic mass is 10.1. The summed E-state index contributed by atoms with van der Waals surface area (Å²) in [4.78, 5) is 49.8. The summed E-state index contributed by atoms with van der Waals surface area (Å²) in [6.07, 6.45) is -4.04. The van der Waals surface area contributed by atoms with E-state index in [1.54, 1.807) is 66.7 Å². The van der Waals surface area contributed by atoms with Crippen LogP contribution in [0.4, 0.5) is 5.69 Å². The van der Waals surface area contributed by atoms with Crippen molar-refractivity contribution in [2.75, 3.05) is 5.32 Å². The van der Waals surface area contributed by atoms with Crippen LogP contribution in [0, 0.1) is 0 Å². The van der Waals surface area contributed by atoms with Gasteiger partial charge in [-0.3, -0.25) is 4.79 Å². The first-order valence-corrected chi connectivity index (χ1v) is 9.56. The van der Waals surface area contributed by atoms with Crippen LogP contribution in [0.25, 0.3) is 0 Å². The van der Waals surface area contributed by atoms with Crippen molar-refractivity contribution in [3.8, 4) is 0 Å². The van der Waals surface area contributed by atoms with Crippen LogP contribution >= 0.6 is 0 Å². The molecule has 2 N–H and O–H groups in total. The molecule has 3 rings (SSSR count). The van der Waals surface area contributed by atoms with Gasteiger partial charge in [-0.1, -0.05) is 54.6 Å². The van der Waals surface area contributed by atoms with Gasteiger partial charge in [0.25, 0.3) is 5.91 Å². The molecule has 8 nitrogen and oxygen atoms in total. The van der Waals surface area contributed by atoms with Gasteiger partial charge >= 0.3 is 17.9 Å². The quantitative estimate of drug-likeness (QED) is 0.524. The summed E-state index contributed by atoms with van der Waals surface area (Å²) in [5.74, 6) is -4.54. The molecule has 0 aliphatic heterocycles. The molecular weight excluding hydrogens is 414 g/mol. The van der Waals surface area contributed by atoms with Gasteiger partial charge in [0, 0.05) is 5.69 Å². The monoisotopic (exact) mass is 433 g/mol. The average Bonchev–Trinajstić information content (AvgIpc) is 2.82. The van der Waals surface area contributed by atoms with E-state index >= 15 is 0 Å². The maximum Gasteiger partial charge on any atom is 0.349 e. The van der Waals surface area contributed by atoms with Gasteiger partial charge in [-0.25, -0.2) is 14.4 Å². The van der Waals surface area contributed by atoms with Crippen LogP contribution in [0.1, 0.15) is 20.7 Å². The van der Waals surface area contributed by atoms with Crippen molar-refractivity contribution in [1.29, 1.82) is 0 Å². The van der Waals surface area contributed by atoms with Crippen molar-refractivity contribution in [2.45, 2.75) is 12.2 Å². The van der Waals surface area contributed by atoms with E-state index in [1.165, 1.54) is 24.3 Å². The highest BCUT2D eigenvalue weighted by atomic mass is 16.6. The number of rotatable bonds is 8. The molecule has 0 aliphatic carbocycles. The van der Waals surface area contributed by atoms with Crippen molar-refractivity contribution in [1.82, 2.24) is 0 Å². The van der Waals surface area contributed by atoms with Gasteiger partial charge < -0.3 is 19.9 Å². The number of carbonyl (C=O) groups excluding carboxylic acids is 3. The zero-order valence-corrected chi connectivity index (χ0v) is 16.7. The van der Waals surface area contributed by atoms with Gasteiger partial charge in [-0.05, 0) is 36.4 Å². The maximum absolute atomic E-state index is 12.9. The van der Waals surface area contributed by atoms with Crippen LogP contribution in [0.15, 0.2) is 91.0 Å². The molecule has 8 heteroatoms. The molecule has 1 amide bonds. The highest BCUT2D eigenvalue weighted by molar-refractivity contribution is 6.01. The predicted octanol–water partition coefficient (Wildman–Crippen LogP) is 3.16. The van der Waals surface area contributed by atoms with Gasteiger partial charge in [-0.2, -0.15) is 0 Å². The van der Waals surface area contributed by atoms with Gasteiger partial charge in [0.1, 0.15) is 0 Å². The Balaban J connectivity index is 1.88. The van der Waals surface area contributed by atoms with Crippen molar-refractivity contribution in [2.24, 2.45) is 0 Å². The molecule has 32 heavy (non-hydrogen) atoms. The Morgan fingerprint density at radius 3 is 1.47 bits per heavy atom. The maximum atomic E-state index is 12.9. The number of carboxylic acid groups (broad SMARTS) is 1. The van der Waals surface area contributed by atoms with Crippen LogP contribution in [-0.2, 0) is 19.1 Å². The van der Waals surface area contributed by atoms with Crippen molar-refractivity contribution >= 4 is 29.5 Å². The molecule has 0 aromatic heterocycles. The van der Waals surface area contributed by atoms with E-state index < -0.39 is 36.0 Å².